The maximum absolute atomic E-state index is 12.6. The summed E-state index contributed by atoms with van der Waals surface area (Å²) in [4.78, 5) is 14.2. The van der Waals surface area contributed by atoms with Crippen LogP contribution in [0, 0.1) is 0 Å². The number of carbonyl (C=O) groups excluding carboxylic acids is 1. The number of aromatic amines is 1. The van der Waals surface area contributed by atoms with Gasteiger partial charge < -0.3 is 4.98 Å². The van der Waals surface area contributed by atoms with E-state index in [1.807, 2.05) is 6.07 Å². The highest BCUT2D eigenvalue weighted by atomic mass is 32.2. The van der Waals surface area contributed by atoms with E-state index in [0.29, 0.717) is 11.4 Å². The lowest BCUT2D eigenvalue weighted by molar-refractivity contribution is -0.109. The number of H-pyrrole nitrogens is 1. The van der Waals surface area contributed by atoms with Gasteiger partial charge in [0, 0.05) is 30.1 Å². The van der Waals surface area contributed by atoms with Crippen LogP contribution in [0.1, 0.15) is 12.5 Å². The third-order valence-corrected chi connectivity index (χ3v) is 6.11. The Bertz CT molecular complexity index is 1070. The summed E-state index contributed by atoms with van der Waals surface area (Å²) in [6.45, 7) is 5.47. The van der Waals surface area contributed by atoms with Gasteiger partial charge >= 0.3 is 0 Å². The zero-order chi connectivity index (χ0) is 18.7. The Hall–Kier alpha value is -2.51. The molecule has 0 radical (unpaired) electrons. The molecule has 26 heavy (non-hydrogen) atoms. The van der Waals surface area contributed by atoms with Crippen LogP contribution in [0.25, 0.3) is 16.5 Å². The quantitative estimate of drug-likeness (QED) is 0.663. The Balaban J connectivity index is 1.75. The molecule has 0 bridgehead atoms. The molecule has 0 aliphatic carbocycles. The summed E-state index contributed by atoms with van der Waals surface area (Å²) in [6, 6.07) is 13.8. The lowest BCUT2D eigenvalue weighted by Gasteiger charge is -2.10. The molecule has 2 N–H and O–H groups in total. The molecule has 0 aliphatic heterocycles. The van der Waals surface area contributed by atoms with Crippen molar-refractivity contribution in [1.82, 2.24) is 4.98 Å². The van der Waals surface area contributed by atoms with E-state index in [9.17, 15) is 13.2 Å². The van der Waals surface area contributed by atoms with Gasteiger partial charge in [-0.05, 0) is 46.9 Å². The van der Waals surface area contributed by atoms with Gasteiger partial charge in [-0.25, -0.2) is 8.42 Å². The van der Waals surface area contributed by atoms with E-state index in [0.717, 1.165) is 22.0 Å². The highest BCUT2D eigenvalue weighted by Gasteiger charge is 2.15. The Morgan fingerprint density at radius 1 is 1.15 bits per heavy atom. The molecule has 134 valence electrons. The smallest absolute Gasteiger partial charge is 0.261 e. The predicted molar refractivity (Wildman–Crippen MR) is 108 cm³/mol. The van der Waals surface area contributed by atoms with Crippen molar-refractivity contribution in [2.45, 2.75) is 11.8 Å². The van der Waals surface area contributed by atoms with Crippen molar-refractivity contribution < 1.29 is 13.2 Å². The first-order valence-corrected chi connectivity index (χ1v) is 10.3. The number of benzene rings is 2. The zero-order valence-corrected chi connectivity index (χ0v) is 15.8. The van der Waals surface area contributed by atoms with E-state index < -0.39 is 10.0 Å². The first-order valence-electron chi connectivity index (χ1n) is 7.87. The summed E-state index contributed by atoms with van der Waals surface area (Å²) in [7, 11) is -3.68. The molecule has 0 spiro atoms. The minimum Gasteiger partial charge on any atom is -0.361 e. The Morgan fingerprint density at radius 3 is 2.58 bits per heavy atom. The molecule has 0 amide bonds. The third kappa shape index (κ3) is 4.17. The van der Waals surface area contributed by atoms with Crippen LogP contribution in [-0.2, 0) is 14.8 Å². The van der Waals surface area contributed by atoms with Gasteiger partial charge in [0.2, 0.25) is 0 Å². The van der Waals surface area contributed by atoms with Crippen molar-refractivity contribution in [2.75, 3.05) is 10.5 Å². The number of rotatable bonds is 6. The summed E-state index contributed by atoms with van der Waals surface area (Å²) in [5.41, 5.74) is 2.92. The highest BCUT2D eigenvalue weighted by molar-refractivity contribution is 8.13. The normalized spacial score (nSPS) is 11.4. The standard InChI is InChI=1S/C19H18N2O3S2/c1-13(12-25-14(2)22)15-3-6-17(7-4-15)21-26(23,24)18-8-5-16-9-10-20-19(16)11-18/h3-11,20-21H,1,12H2,2H3. The second kappa shape index (κ2) is 7.39. The van der Waals surface area contributed by atoms with Crippen LogP contribution in [-0.4, -0.2) is 24.3 Å². The number of sulfonamides is 1. The molecule has 7 heteroatoms. The lowest BCUT2D eigenvalue weighted by atomic mass is 10.1. The van der Waals surface area contributed by atoms with Crippen molar-refractivity contribution in [1.29, 1.82) is 0 Å². The fraction of sp³-hybridized carbons (Fsp3) is 0.105. The molecule has 0 fully saturated rings. The number of carbonyl (C=O) groups is 1. The fourth-order valence-corrected chi connectivity index (χ4v) is 4.08. The molecule has 0 saturated heterocycles. The monoisotopic (exact) mass is 386 g/mol. The summed E-state index contributed by atoms with van der Waals surface area (Å²) in [6.07, 6.45) is 1.77. The van der Waals surface area contributed by atoms with Crippen LogP contribution in [0.4, 0.5) is 5.69 Å². The predicted octanol–water partition coefficient (Wildman–Crippen LogP) is 4.26. The van der Waals surface area contributed by atoms with Crippen molar-refractivity contribution >= 4 is 49.1 Å². The van der Waals surface area contributed by atoms with Crippen molar-refractivity contribution in [3.63, 3.8) is 0 Å². The summed E-state index contributed by atoms with van der Waals surface area (Å²) in [5, 5.41) is 0.991. The minimum atomic E-state index is -3.68. The van der Waals surface area contributed by atoms with Gasteiger partial charge in [0.1, 0.15) is 0 Å². The number of thioether (sulfide) groups is 1. The van der Waals surface area contributed by atoms with Gasteiger partial charge in [-0.1, -0.05) is 36.5 Å². The van der Waals surface area contributed by atoms with E-state index in [4.69, 9.17) is 0 Å². The van der Waals surface area contributed by atoms with Gasteiger partial charge in [-0.15, -0.1) is 0 Å². The summed E-state index contributed by atoms with van der Waals surface area (Å²) >= 11 is 1.19. The van der Waals surface area contributed by atoms with Gasteiger partial charge in [0.05, 0.1) is 4.90 Å². The van der Waals surface area contributed by atoms with Crippen molar-refractivity contribution in [2.24, 2.45) is 0 Å². The molecular formula is C19H18N2O3S2. The number of fused-ring (bicyclic) bond motifs is 1. The van der Waals surface area contributed by atoms with E-state index in [1.165, 1.54) is 18.7 Å². The summed E-state index contributed by atoms with van der Waals surface area (Å²) in [5.74, 6) is 0.510. The molecule has 0 saturated carbocycles. The summed E-state index contributed by atoms with van der Waals surface area (Å²) < 4.78 is 27.7. The number of hydrogen-bond acceptors (Lipinski definition) is 4. The molecule has 5 nitrogen and oxygen atoms in total. The zero-order valence-electron chi connectivity index (χ0n) is 14.2. The number of aromatic nitrogens is 1. The van der Waals surface area contributed by atoms with Crippen LogP contribution in [0.2, 0.25) is 0 Å². The maximum atomic E-state index is 12.6. The first-order chi connectivity index (χ1) is 12.3. The van der Waals surface area contributed by atoms with Gasteiger partial charge in [0.15, 0.2) is 5.12 Å². The maximum Gasteiger partial charge on any atom is 0.261 e. The largest absolute Gasteiger partial charge is 0.361 e. The molecule has 0 atom stereocenters. The molecule has 0 unspecified atom stereocenters. The van der Waals surface area contributed by atoms with Crippen molar-refractivity contribution in [3.8, 4) is 0 Å². The average molecular weight is 386 g/mol. The number of hydrogen-bond donors (Lipinski definition) is 2. The number of nitrogens with one attached hydrogen (secondary N) is 2. The molecular weight excluding hydrogens is 368 g/mol. The molecule has 0 aliphatic rings. The van der Waals surface area contributed by atoms with Crippen molar-refractivity contribution in [3.05, 3.63) is 66.9 Å². The topological polar surface area (TPSA) is 79.0 Å². The minimum absolute atomic E-state index is 0.0366. The molecule has 1 aromatic heterocycles. The van der Waals surface area contributed by atoms with E-state index in [-0.39, 0.29) is 10.0 Å². The SMILES string of the molecule is C=C(CSC(C)=O)c1ccc(NS(=O)(=O)c2ccc3cc[nH]c3c2)cc1. The molecule has 2 aromatic carbocycles. The molecule has 3 aromatic rings. The average Bonchev–Trinajstić information content (AvgIpc) is 3.07. The van der Waals surface area contributed by atoms with Crippen LogP contribution < -0.4 is 4.72 Å². The molecule has 3 rings (SSSR count). The molecule has 1 heterocycles. The number of anilines is 1. The Labute approximate surface area is 156 Å². The van der Waals surface area contributed by atoms with Gasteiger partial charge in [0.25, 0.3) is 10.0 Å². The second-order valence-electron chi connectivity index (χ2n) is 5.79. The first kappa shape index (κ1) is 18.3. The fourth-order valence-electron chi connectivity index (χ4n) is 2.45. The Morgan fingerprint density at radius 2 is 1.88 bits per heavy atom. The Kier molecular flexibility index (Phi) is 5.20. The van der Waals surface area contributed by atoms with Crippen LogP contribution >= 0.6 is 11.8 Å². The van der Waals surface area contributed by atoms with E-state index in [2.05, 4.69) is 16.3 Å². The second-order valence-corrected chi connectivity index (χ2v) is 8.63. The van der Waals surface area contributed by atoms with Gasteiger partial charge in [-0.3, -0.25) is 9.52 Å². The highest BCUT2D eigenvalue weighted by Crippen LogP contribution is 2.23. The van der Waals surface area contributed by atoms with Gasteiger partial charge in [-0.2, -0.15) is 0 Å². The van der Waals surface area contributed by atoms with Crippen LogP contribution in [0.3, 0.4) is 0 Å². The lowest BCUT2D eigenvalue weighted by Crippen LogP contribution is -2.12. The van der Waals surface area contributed by atoms with Crippen LogP contribution in [0.15, 0.2) is 66.2 Å². The van der Waals surface area contributed by atoms with E-state index in [1.54, 1.807) is 48.7 Å². The van der Waals surface area contributed by atoms with Crippen LogP contribution in [0.5, 0.6) is 0 Å². The van der Waals surface area contributed by atoms with E-state index >= 15 is 0 Å². The third-order valence-electron chi connectivity index (χ3n) is 3.83.